The Bertz CT molecular complexity index is 520. The number of carbonyl (C=O) groups is 2. The number of piperidine rings is 1. The van der Waals surface area contributed by atoms with Gasteiger partial charge in [-0.2, -0.15) is 0 Å². The maximum absolute atomic E-state index is 12.3. The lowest BCUT2D eigenvalue weighted by Gasteiger charge is -2.31. The Morgan fingerprint density at radius 3 is 2.43 bits per heavy atom. The quantitative estimate of drug-likeness (QED) is 0.837. The van der Waals surface area contributed by atoms with Crippen LogP contribution in [0.15, 0.2) is 24.3 Å². The van der Waals surface area contributed by atoms with Gasteiger partial charge in [0.05, 0.1) is 6.61 Å². The fraction of sp³-hybridized carbons (Fsp3) is 0.556. The molecular formula is C18H26N2O3. The normalized spacial score (nSPS) is 15.4. The van der Waals surface area contributed by atoms with E-state index in [0.717, 1.165) is 43.7 Å². The summed E-state index contributed by atoms with van der Waals surface area (Å²) < 4.78 is 5.41. The molecule has 0 bridgehead atoms. The predicted octanol–water partition coefficient (Wildman–Crippen LogP) is 2.13. The monoisotopic (exact) mass is 318 g/mol. The van der Waals surface area contributed by atoms with Crippen LogP contribution in [0.5, 0.6) is 5.75 Å². The van der Waals surface area contributed by atoms with E-state index in [-0.39, 0.29) is 11.8 Å². The highest BCUT2D eigenvalue weighted by molar-refractivity contribution is 5.77. The van der Waals surface area contributed by atoms with Crippen molar-refractivity contribution in [2.75, 3.05) is 19.7 Å². The third-order valence-electron chi connectivity index (χ3n) is 4.32. The van der Waals surface area contributed by atoms with Crippen LogP contribution >= 0.6 is 0 Å². The van der Waals surface area contributed by atoms with Crippen LogP contribution < -0.4 is 10.5 Å². The zero-order valence-electron chi connectivity index (χ0n) is 13.8. The average Bonchev–Trinajstić information content (AvgIpc) is 2.54. The van der Waals surface area contributed by atoms with Crippen molar-refractivity contribution in [2.45, 2.75) is 39.0 Å². The number of rotatable bonds is 7. The summed E-state index contributed by atoms with van der Waals surface area (Å²) in [6, 6.07) is 7.91. The van der Waals surface area contributed by atoms with Crippen molar-refractivity contribution in [3.05, 3.63) is 29.8 Å². The molecule has 1 fully saturated rings. The third kappa shape index (κ3) is 5.58. The van der Waals surface area contributed by atoms with Gasteiger partial charge in [-0.25, -0.2) is 0 Å². The van der Waals surface area contributed by atoms with Gasteiger partial charge in [0.15, 0.2) is 0 Å². The van der Waals surface area contributed by atoms with Crippen LogP contribution in [-0.2, 0) is 16.0 Å². The molecule has 1 aromatic carbocycles. The van der Waals surface area contributed by atoms with Gasteiger partial charge >= 0.3 is 0 Å². The number of aryl methyl sites for hydroxylation is 1. The zero-order chi connectivity index (χ0) is 16.7. The molecule has 1 saturated heterocycles. The number of ether oxygens (including phenoxy) is 1. The highest BCUT2D eigenvalue weighted by Crippen LogP contribution is 2.21. The lowest BCUT2D eigenvalue weighted by atomic mass is 9.93. The van der Waals surface area contributed by atoms with Crippen molar-refractivity contribution in [2.24, 2.45) is 11.7 Å². The Balaban J connectivity index is 1.74. The molecule has 2 rings (SSSR count). The fourth-order valence-electron chi connectivity index (χ4n) is 3.00. The standard InChI is InChI=1S/C18H26N2O3/c1-2-23-16-6-3-14(4-7-16)5-8-18(22)20-11-9-15(10-12-20)13-17(19)21/h3-4,6-7,15H,2,5,8-13H2,1H3,(H2,19,21). The second-order valence-corrected chi connectivity index (χ2v) is 6.07. The van der Waals surface area contributed by atoms with Crippen LogP contribution in [0.1, 0.15) is 38.2 Å². The topological polar surface area (TPSA) is 72.6 Å². The molecule has 1 aliphatic heterocycles. The Labute approximate surface area is 137 Å². The second-order valence-electron chi connectivity index (χ2n) is 6.07. The van der Waals surface area contributed by atoms with E-state index >= 15 is 0 Å². The van der Waals surface area contributed by atoms with Crippen LogP contribution in [0.2, 0.25) is 0 Å². The van der Waals surface area contributed by atoms with E-state index in [2.05, 4.69) is 0 Å². The van der Waals surface area contributed by atoms with E-state index in [9.17, 15) is 9.59 Å². The summed E-state index contributed by atoms with van der Waals surface area (Å²) in [5.41, 5.74) is 6.37. The van der Waals surface area contributed by atoms with Gasteiger partial charge in [0.2, 0.25) is 11.8 Å². The Hall–Kier alpha value is -2.04. The minimum atomic E-state index is -0.245. The molecule has 0 unspecified atom stereocenters. The highest BCUT2D eigenvalue weighted by Gasteiger charge is 2.23. The molecule has 0 saturated carbocycles. The molecule has 0 atom stereocenters. The van der Waals surface area contributed by atoms with E-state index < -0.39 is 0 Å². The molecule has 1 heterocycles. The number of amides is 2. The van der Waals surface area contributed by atoms with Crippen LogP contribution in [0, 0.1) is 5.92 Å². The third-order valence-corrected chi connectivity index (χ3v) is 4.32. The number of hydrogen-bond donors (Lipinski definition) is 1. The SMILES string of the molecule is CCOc1ccc(CCC(=O)N2CCC(CC(N)=O)CC2)cc1. The summed E-state index contributed by atoms with van der Waals surface area (Å²) >= 11 is 0. The van der Waals surface area contributed by atoms with Gasteiger partial charge in [-0.3, -0.25) is 9.59 Å². The first-order valence-corrected chi connectivity index (χ1v) is 8.36. The summed E-state index contributed by atoms with van der Waals surface area (Å²) in [4.78, 5) is 25.1. The summed E-state index contributed by atoms with van der Waals surface area (Å²) in [5, 5.41) is 0. The molecule has 5 nitrogen and oxygen atoms in total. The van der Waals surface area contributed by atoms with E-state index in [1.54, 1.807) is 0 Å². The Morgan fingerprint density at radius 2 is 1.87 bits per heavy atom. The maximum Gasteiger partial charge on any atom is 0.222 e. The van der Waals surface area contributed by atoms with E-state index in [0.29, 0.717) is 25.4 Å². The van der Waals surface area contributed by atoms with Crippen molar-refractivity contribution >= 4 is 11.8 Å². The van der Waals surface area contributed by atoms with Gasteiger partial charge in [-0.15, -0.1) is 0 Å². The first-order chi connectivity index (χ1) is 11.1. The number of nitrogens with zero attached hydrogens (tertiary/aromatic N) is 1. The predicted molar refractivity (Wildman–Crippen MR) is 89.0 cm³/mol. The summed E-state index contributed by atoms with van der Waals surface area (Å²) in [6.07, 6.45) is 3.45. The first kappa shape index (κ1) is 17.3. The van der Waals surface area contributed by atoms with Crippen LogP contribution in [0.25, 0.3) is 0 Å². The van der Waals surface area contributed by atoms with Crippen molar-refractivity contribution in [3.8, 4) is 5.75 Å². The summed E-state index contributed by atoms with van der Waals surface area (Å²) in [5.74, 6) is 1.14. The lowest BCUT2D eigenvalue weighted by molar-refractivity contribution is -0.132. The number of carbonyl (C=O) groups excluding carboxylic acids is 2. The molecule has 126 valence electrons. The molecule has 1 aromatic rings. The zero-order valence-corrected chi connectivity index (χ0v) is 13.8. The van der Waals surface area contributed by atoms with Gasteiger partial charge in [0, 0.05) is 25.9 Å². The highest BCUT2D eigenvalue weighted by atomic mass is 16.5. The van der Waals surface area contributed by atoms with Crippen molar-refractivity contribution in [1.29, 1.82) is 0 Å². The smallest absolute Gasteiger partial charge is 0.222 e. The van der Waals surface area contributed by atoms with Crippen molar-refractivity contribution in [1.82, 2.24) is 4.90 Å². The van der Waals surface area contributed by atoms with Gasteiger partial charge in [-0.05, 0) is 49.8 Å². The Morgan fingerprint density at radius 1 is 1.22 bits per heavy atom. The second kappa shape index (κ2) is 8.56. The van der Waals surface area contributed by atoms with Crippen LogP contribution in [0.4, 0.5) is 0 Å². The molecule has 1 aliphatic rings. The van der Waals surface area contributed by atoms with Crippen molar-refractivity contribution in [3.63, 3.8) is 0 Å². The molecule has 2 amide bonds. The van der Waals surface area contributed by atoms with Gasteiger partial charge in [0.1, 0.15) is 5.75 Å². The lowest BCUT2D eigenvalue weighted by Crippen LogP contribution is -2.39. The molecule has 0 aliphatic carbocycles. The van der Waals surface area contributed by atoms with E-state index in [1.165, 1.54) is 0 Å². The number of benzene rings is 1. The number of primary amides is 1. The molecule has 0 spiro atoms. The molecule has 0 aromatic heterocycles. The summed E-state index contributed by atoms with van der Waals surface area (Å²) in [7, 11) is 0. The number of likely N-dealkylation sites (tertiary alicyclic amines) is 1. The Kier molecular flexibility index (Phi) is 6.44. The van der Waals surface area contributed by atoms with Gasteiger partial charge in [-0.1, -0.05) is 12.1 Å². The number of hydrogen-bond acceptors (Lipinski definition) is 3. The van der Waals surface area contributed by atoms with E-state index in [1.807, 2.05) is 36.1 Å². The largest absolute Gasteiger partial charge is 0.494 e. The summed E-state index contributed by atoms with van der Waals surface area (Å²) in [6.45, 7) is 4.09. The van der Waals surface area contributed by atoms with Crippen molar-refractivity contribution < 1.29 is 14.3 Å². The average molecular weight is 318 g/mol. The minimum Gasteiger partial charge on any atom is -0.494 e. The molecule has 23 heavy (non-hydrogen) atoms. The van der Waals surface area contributed by atoms with Crippen LogP contribution in [0.3, 0.4) is 0 Å². The fourth-order valence-corrected chi connectivity index (χ4v) is 3.00. The minimum absolute atomic E-state index is 0.191. The molecule has 2 N–H and O–H groups in total. The van der Waals surface area contributed by atoms with Gasteiger partial charge in [0.25, 0.3) is 0 Å². The van der Waals surface area contributed by atoms with Crippen LogP contribution in [-0.4, -0.2) is 36.4 Å². The van der Waals surface area contributed by atoms with Gasteiger partial charge < -0.3 is 15.4 Å². The van der Waals surface area contributed by atoms with E-state index in [4.69, 9.17) is 10.5 Å². The molecule has 5 heteroatoms. The molecule has 0 radical (unpaired) electrons. The first-order valence-electron chi connectivity index (χ1n) is 8.36. The maximum atomic E-state index is 12.3. The number of nitrogens with two attached hydrogens (primary N) is 1. The molecular weight excluding hydrogens is 292 g/mol.